The number of carbonyl (C=O) groups is 3. The lowest BCUT2D eigenvalue weighted by molar-refractivity contribution is -0.147. The van der Waals surface area contributed by atoms with E-state index in [0.29, 0.717) is 24.1 Å². The van der Waals surface area contributed by atoms with E-state index in [0.717, 1.165) is 16.7 Å². The van der Waals surface area contributed by atoms with Gasteiger partial charge in [0.1, 0.15) is 0 Å². The SMILES string of the molecule is CCOC(=O)C(/C=C/c1ccccc1)N1C(=O)NC2=C(C(=O)CC(C)(C)C2)C1c1ccc(C)cc1. The minimum atomic E-state index is -1.02. The van der Waals surface area contributed by atoms with E-state index in [1.54, 1.807) is 19.1 Å². The van der Waals surface area contributed by atoms with Gasteiger partial charge in [0.05, 0.1) is 12.6 Å². The largest absolute Gasteiger partial charge is 0.464 e. The standard InChI is InChI=1S/C29H32N2O4/c1-5-35-27(33)23(16-13-20-9-7-6-8-10-20)31-26(21-14-11-19(2)12-15-21)25-22(30-28(31)34)17-29(3,4)18-24(25)32/h6-16,23,26H,5,17-18H2,1-4H3,(H,30,34)/b16-13+. The zero-order valence-corrected chi connectivity index (χ0v) is 20.7. The molecule has 0 fully saturated rings. The second-order valence-electron chi connectivity index (χ2n) is 9.95. The lowest BCUT2D eigenvalue weighted by Gasteiger charge is -2.45. The molecule has 6 nitrogen and oxygen atoms in total. The van der Waals surface area contributed by atoms with Crippen LogP contribution in [0.5, 0.6) is 0 Å². The number of esters is 1. The summed E-state index contributed by atoms with van der Waals surface area (Å²) in [6.45, 7) is 7.95. The van der Waals surface area contributed by atoms with Crippen molar-refractivity contribution in [1.29, 1.82) is 0 Å². The third-order valence-corrected chi connectivity index (χ3v) is 6.46. The predicted molar refractivity (Wildman–Crippen MR) is 135 cm³/mol. The summed E-state index contributed by atoms with van der Waals surface area (Å²) in [6.07, 6.45) is 4.44. The van der Waals surface area contributed by atoms with Crippen LogP contribution in [0, 0.1) is 12.3 Å². The molecule has 2 aromatic rings. The Bertz CT molecular complexity index is 1180. The van der Waals surface area contributed by atoms with Gasteiger partial charge >= 0.3 is 12.0 Å². The molecule has 0 saturated heterocycles. The molecule has 182 valence electrons. The molecule has 0 bridgehead atoms. The average Bonchev–Trinajstić information content (AvgIpc) is 2.80. The number of urea groups is 1. The summed E-state index contributed by atoms with van der Waals surface area (Å²) in [6, 6.07) is 15.2. The fourth-order valence-corrected chi connectivity index (χ4v) is 4.86. The summed E-state index contributed by atoms with van der Waals surface area (Å²) >= 11 is 0. The maximum Gasteiger partial charge on any atom is 0.333 e. The van der Waals surface area contributed by atoms with E-state index >= 15 is 0 Å². The summed E-state index contributed by atoms with van der Waals surface area (Å²) in [5.74, 6) is -0.555. The maximum atomic E-state index is 13.6. The second kappa shape index (κ2) is 9.90. The van der Waals surface area contributed by atoms with Crippen LogP contribution in [0.25, 0.3) is 6.08 Å². The van der Waals surface area contributed by atoms with E-state index in [-0.39, 0.29) is 17.8 Å². The van der Waals surface area contributed by atoms with Gasteiger partial charge in [0.2, 0.25) is 0 Å². The number of hydrogen-bond donors (Lipinski definition) is 1. The molecule has 0 aromatic heterocycles. The number of Topliss-reactive ketones (excluding diaryl/α,β-unsaturated/α-hetero) is 1. The Kier molecular flexibility index (Phi) is 6.92. The van der Waals surface area contributed by atoms with E-state index < -0.39 is 24.1 Å². The summed E-state index contributed by atoms with van der Waals surface area (Å²) in [5.41, 5.74) is 3.69. The Morgan fingerprint density at radius 1 is 1.11 bits per heavy atom. The molecule has 2 aromatic carbocycles. The van der Waals surface area contributed by atoms with Crippen LogP contribution in [-0.2, 0) is 14.3 Å². The van der Waals surface area contributed by atoms with Crippen LogP contribution in [0.2, 0.25) is 0 Å². The minimum absolute atomic E-state index is 0.0125. The smallest absolute Gasteiger partial charge is 0.333 e. The van der Waals surface area contributed by atoms with Crippen molar-refractivity contribution in [3.63, 3.8) is 0 Å². The first-order valence-corrected chi connectivity index (χ1v) is 12.0. The maximum absolute atomic E-state index is 13.6. The fourth-order valence-electron chi connectivity index (χ4n) is 4.86. The average molecular weight is 473 g/mol. The Labute approximate surface area is 206 Å². The predicted octanol–water partition coefficient (Wildman–Crippen LogP) is 5.35. The summed E-state index contributed by atoms with van der Waals surface area (Å²) in [5, 5.41) is 2.95. The van der Waals surface area contributed by atoms with Gasteiger partial charge in [-0.2, -0.15) is 0 Å². The third kappa shape index (κ3) is 5.21. The van der Waals surface area contributed by atoms with E-state index in [4.69, 9.17) is 4.74 Å². The number of carbonyl (C=O) groups excluding carboxylic acids is 3. The van der Waals surface area contributed by atoms with Crippen molar-refractivity contribution in [1.82, 2.24) is 10.2 Å². The van der Waals surface area contributed by atoms with Crippen molar-refractivity contribution in [3.05, 3.63) is 88.6 Å². The highest BCUT2D eigenvalue weighted by atomic mass is 16.5. The third-order valence-electron chi connectivity index (χ3n) is 6.46. The molecule has 1 N–H and O–H groups in total. The zero-order valence-electron chi connectivity index (χ0n) is 20.7. The van der Waals surface area contributed by atoms with Gasteiger partial charge in [-0.25, -0.2) is 9.59 Å². The van der Waals surface area contributed by atoms with Crippen LogP contribution in [0.1, 0.15) is 56.3 Å². The first-order valence-electron chi connectivity index (χ1n) is 12.0. The molecule has 0 saturated carbocycles. The van der Waals surface area contributed by atoms with Gasteiger partial charge in [0, 0.05) is 17.7 Å². The normalized spacial score (nSPS) is 20.5. The highest BCUT2D eigenvalue weighted by Gasteiger charge is 2.47. The topological polar surface area (TPSA) is 75.7 Å². The van der Waals surface area contributed by atoms with E-state index in [9.17, 15) is 14.4 Å². The molecule has 1 aliphatic heterocycles. The molecule has 2 atom stereocenters. The van der Waals surface area contributed by atoms with Gasteiger partial charge in [-0.15, -0.1) is 0 Å². The number of nitrogens with one attached hydrogen (secondary N) is 1. The molecule has 6 heteroatoms. The lowest BCUT2D eigenvalue weighted by atomic mass is 9.72. The van der Waals surface area contributed by atoms with Gasteiger partial charge in [-0.1, -0.05) is 86.2 Å². The van der Waals surface area contributed by atoms with E-state index in [1.807, 2.05) is 75.4 Å². The quantitative estimate of drug-likeness (QED) is 0.575. The molecule has 2 unspecified atom stereocenters. The fraction of sp³-hybridized carbons (Fsp3) is 0.345. The van der Waals surface area contributed by atoms with Crippen molar-refractivity contribution in [3.8, 4) is 0 Å². The van der Waals surface area contributed by atoms with E-state index in [2.05, 4.69) is 5.32 Å². The number of ether oxygens (including phenoxy) is 1. The van der Waals surface area contributed by atoms with Gasteiger partial charge in [-0.3, -0.25) is 9.69 Å². The summed E-state index contributed by atoms with van der Waals surface area (Å²) < 4.78 is 5.38. The van der Waals surface area contributed by atoms with Gasteiger partial charge < -0.3 is 10.1 Å². The number of ketones is 1. The minimum Gasteiger partial charge on any atom is -0.464 e. The molecular weight excluding hydrogens is 440 g/mol. The highest BCUT2D eigenvalue weighted by Crippen LogP contribution is 2.45. The highest BCUT2D eigenvalue weighted by molar-refractivity contribution is 6.02. The Morgan fingerprint density at radius 3 is 2.46 bits per heavy atom. The second-order valence-corrected chi connectivity index (χ2v) is 9.95. The van der Waals surface area contributed by atoms with Crippen LogP contribution < -0.4 is 5.32 Å². The van der Waals surface area contributed by atoms with Crippen LogP contribution in [0.4, 0.5) is 4.79 Å². The van der Waals surface area contributed by atoms with Crippen molar-refractivity contribution in [2.24, 2.45) is 5.41 Å². The molecular formula is C29H32N2O4. The Morgan fingerprint density at radius 2 is 1.80 bits per heavy atom. The van der Waals surface area contributed by atoms with Crippen LogP contribution in [-0.4, -0.2) is 35.3 Å². The number of allylic oxidation sites excluding steroid dienone is 1. The first-order chi connectivity index (χ1) is 16.7. The molecule has 2 aliphatic rings. The summed E-state index contributed by atoms with van der Waals surface area (Å²) in [7, 11) is 0. The number of benzene rings is 2. The van der Waals surface area contributed by atoms with Crippen LogP contribution >= 0.6 is 0 Å². The number of hydrogen-bond acceptors (Lipinski definition) is 4. The van der Waals surface area contributed by atoms with Gasteiger partial charge in [-0.05, 0) is 36.8 Å². The van der Waals surface area contributed by atoms with Crippen molar-refractivity contribution < 1.29 is 19.1 Å². The number of rotatable bonds is 6. The molecule has 35 heavy (non-hydrogen) atoms. The van der Waals surface area contributed by atoms with Crippen molar-refractivity contribution in [2.75, 3.05) is 6.61 Å². The Hall–Kier alpha value is -3.67. The van der Waals surface area contributed by atoms with Gasteiger partial charge in [0.15, 0.2) is 11.8 Å². The lowest BCUT2D eigenvalue weighted by Crippen LogP contribution is -2.56. The number of aryl methyl sites for hydroxylation is 1. The van der Waals surface area contributed by atoms with Gasteiger partial charge in [0.25, 0.3) is 0 Å². The van der Waals surface area contributed by atoms with Crippen molar-refractivity contribution >= 4 is 23.9 Å². The molecule has 1 aliphatic carbocycles. The first kappa shape index (κ1) is 24.5. The van der Waals surface area contributed by atoms with Crippen LogP contribution in [0.15, 0.2) is 71.9 Å². The van der Waals surface area contributed by atoms with E-state index in [1.165, 1.54) is 4.90 Å². The molecule has 4 rings (SSSR count). The molecule has 0 radical (unpaired) electrons. The zero-order chi connectivity index (χ0) is 25.2. The molecule has 1 heterocycles. The summed E-state index contributed by atoms with van der Waals surface area (Å²) in [4.78, 5) is 41.7. The number of amides is 2. The van der Waals surface area contributed by atoms with Crippen LogP contribution in [0.3, 0.4) is 0 Å². The molecule has 0 spiro atoms. The molecule has 2 amide bonds. The monoisotopic (exact) mass is 472 g/mol. The van der Waals surface area contributed by atoms with Crippen molar-refractivity contribution in [2.45, 2.75) is 52.6 Å². The number of nitrogens with zero attached hydrogens (tertiary/aromatic N) is 1. The Balaban J connectivity index is 1.86.